The Labute approximate surface area is 240 Å². The van der Waals surface area contributed by atoms with Crippen LogP contribution in [0.15, 0.2) is 66.9 Å². The first-order valence-corrected chi connectivity index (χ1v) is 14.6. The number of rotatable bonds is 5. The second kappa shape index (κ2) is 13.6. The van der Waals surface area contributed by atoms with Gasteiger partial charge in [0.2, 0.25) is 11.8 Å². The first kappa shape index (κ1) is 28.6. The molecule has 0 spiro atoms. The maximum absolute atomic E-state index is 13.7. The number of carbonyl (C=O) groups excluding carboxylic acids is 3. The number of amides is 2. The maximum atomic E-state index is 13.7. The van der Waals surface area contributed by atoms with E-state index in [0.29, 0.717) is 32.2 Å². The Morgan fingerprint density at radius 1 is 1.02 bits per heavy atom. The number of para-hydroxylation sites is 1. The van der Waals surface area contributed by atoms with Gasteiger partial charge in [-0.2, -0.15) is 0 Å². The molecule has 8 nitrogen and oxygen atoms in total. The lowest BCUT2D eigenvalue weighted by Gasteiger charge is -2.36. The van der Waals surface area contributed by atoms with Gasteiger partial charge in [0.25, 0.3) is 0 Å². The summed E-state index contributed by atoms with van der Waals surface area (Å²) in [6.07, 6.45) is 10.2. The molecule has 0 fully saturated rings. The number of aromatic amines is 1. The summed E-state index contributed by atoms with van der Waals surface area (Å²) in [5.41, 5.74) is 4.24. The smallest absolute Gasteiger partial charge is 0.305 e. The van der Waals surface area contributed by atoms with E-state index in [9.17, 15) is 19.5 Å². The summed E-state index contributed by atoms with van der Waals surface area (Å²) in [5, 5.41) is 14.2. The fraction of sp³-hybridized carbons (Fsp3) is 0.424. The molecule has 1 aromatic heterocycles. The predicted octanol–water partition coefficient (Wildman–Crippen LogP) is 4.21. The zero-order valence-electron chi connectivity index (χ0n) is 23.4. The molecule has 5 rings (SSSR count). The maximum Gasteiger partial charge on any atom is 0.305 e. The Morgan fingerprint density at radius 2 is 1.83 bits per heavy atom. The average Bonchev–Trinajstić information content (AvgIpc) is 3.40. The van der Waals surface area contributed by atoms with Gasteiger partial charge in [-0.1, -0.05) is 54.6 Å². The minimum atomic E-state index is -0.584. The Kier molecular flexibility index (Phi) is 9.51. The molecular formula is C33H39N3O5. The van der Waals surface area contributed by atoms with Gasteiger partial charge in [0, 0.05) is 36.5 Å². The number of allylic oxidation sites excluding steroid dienone is 2. The summed E-state index contributed by atoms with van der Waals surface area (Å²) >= 11 is 0. The van der Waals surface area contributed by atoms with Gasteiger partial charge in [-0.05, 0) is 61.3 Å². The van der Waals surface area contributed by atoms with Crippen molar-refractivity contribution >= 4 is 28.7 Å². The number of nitrogens with one attached hydrogen (secondary N) is 2. The highest BCUT2D eigenvalue weighted by molar-refractivity contribution is 5.87. The van der Waals surface area contributed by atoms with Crippen LogP contribution in [-0.4, -0.2) is 58.1 Å². The average molecular weight is 558 g/mol. The highest BCUT2D eigenvalue weighted by Gasteiger charge is 2.32. The number of aliphatic hydroxyl groups excluding tert-OH is 1. The largest absolute Gasteiger partial charge is 0.463 e. The molecule has 3 N–H and O–H groups in total. The van der Waals surface area contributed by atoms with Crippen LogP contribution in [0.5, 0.6) is 0 Å². The number of hydrogen-bond acceptors (Lipinski definition) is 5. The fourth-order valence-corrected chi connectivity index (χ4v) is 5.87. The molecule has 3 atom stereocenters. The monoisotopic (exact) mass is 557 g/mol. The van der Waals surface area contributed by atoms with Crippen LogP contribution in [0.3, 0.4) is 0 Å². The number of aromatic nitrogens is 1. The molecule has 2 amide bonds. The van der Waals surface area contributed by atoms with Gasteiger partial charge in [0.15, 0.2) is 0 Å². The fourth-order valence-electron chi connectivity index (χ4n) is 5.87. The lowest BCUT2D eigenvalue weighted by Crippen LogP contribution is -2.48. The van der Waals surface area contributed by atoms with Crippen molar-refractivity contribution in [2.24, 2.45) is 5.92 Å². The van der Waals surface area contributed by atoms with E-state index in [4.69, 9.17) is 4.74 Å². The van der Waals surface area contributed by atoms with Crippen LogP contribution in [0.2, 0.25) is 0 Å². The van der Waals surface area contributed by atoms with Crippen LogP contribution >= 0.6 is 0 Å². The van der Waals surface area contributed by atoms with E-state index in [0.717, 1.165) is 46.9 Å². The van der Waals surface area contributed by atoms with Gasteiger partial charge >= 0.3 is 5.97 Å². The second-order valence-electron chi connectivity index (χ2n) is 11.1. The number of aliphatic hydroxyl groups is 1. The second-order valence-corrected chi connectivity index (χ2v) is 11.1. The molecule has 0 aliphatic carbocycles. The lowest BCUT2D eigenvalue weighted by molar-refractivity contribution is -0.145. The number of benzene rings is 2. The standard InChI is InChI=1S/C33H39N3O5/c37-21-28-17-23-10-6-7-12-25(23)20-36(28)31(38)18-24-11-4-2-1-3-5-15-32(39)41-22-27(35-33(24)40)16-26-19-34-30-14-9-8-13-29(26)30/h2,4,6-10,12-14,19,24,27-28,34,37H,1,3,5,11,15-18,20-22H2,(H,35,40)/t24-,27+,28+/m1/s1. The van der Waals surface area contributed by atoms with Gasteiger partial charge < -0.3 is 25.0 Å². The Morgan fingerprint density at radius 3 is 2.68 bits per heavy atom. The van der Waals surface area contributed by atoms with Crippen molar-refractivity contribution in [3.8, 4) is 0 Å². The number of carbonyl (C=O) groups is 3. The minimum absolute atomic E-state index is 0.0361. The first-order valence-electron chi connectivity index (χ1n) is 14.6. The SMILES string of the molecule is O=C1CCCCC=CC[C@H](CC(=O)N2Cc3ccccc3C[C@H]2CO)C(=O)N[C@@H](Cc2c[nH]c3ccccc23)CO1. The van der Waals surface area contributed by atoms with E-state index in [2.05, 4.69) is 10.3 Å². The summed E-state index contributed by atoms with van der Waals surface area (Å²) in [6.45, 7) is 0.356. The molecule has 3 aromatic rings. The van der Waals surface area contributed by atoms with Crippen LogP contribution < -0.4 is 5.32 Å². The number of fused-ring (bicyclic) bond motifs is 2. The molecule has 0 bridgehead atoms. The summed E-state index contributed by atoms with van der Waals surface area (Å²) in [5.74, 6) is -1.23. The molecule has 2 aliphatic rings. The zero-order chi connectivity index (χ0) is 28.6. The topological polar surface area (TPSA) is 112 Å². The molecule has 2 aromatic carbocycles. The van der Waals surface area contributed by atoms with Gasteiger partial charge in [0.05, 0.1) is 24.6 Å². The summed E-state index contributed by atoms with van der Waals surface area (Å²) in [7, 11) is 0. The lowest BCUT2D eigenvalue weighted by atomic mass is 9.92. The zero-order valence-corrected chi connectivity index (χ0v) is 23.4. The summed E-state index contributed by atoms with van der Waals surface area (Å²) in [6, 6.07) is 15.2. The van der Waals surface area contributed by atoms with Crippen molar-refractivity contribution in [3.05, 3.63) is 83.6 Å². The van der Waals surface area contributed by atoms with E-state index >= 15 is 0 Å². The van der Waals surface area contributed by atoms with Crippen molar-refractivity contribution in [1.29, 1.82) is 0 Å². The van der Waals surface area contributed by atoms with Crippen molar-refractivity contribution in [2.45, 2.75) is 70.0 Å². The highest BCUT2D eigenvalue weighted by atomic mass is 16.5. The van der Waals surface area contributed by atoms with Crippen molar-refractivity contribution in [3.63, 3.8) is 0 Å². The van der Waals surface area contributed by atoms with Crippen molar-refractivity contribution in [2.75, 3.05) is 13.2 Å². The van der Waals surface area contributed by atoms with Crippen LogP contribution in [0.1, 0.15) is 55.2 Å². The number of ether oxygens (including phenoxy) is 1. The molecule has 0 unspecified atom stereocenters. The van der Waals surface area contributed by atoms with E-state index in [1.807, 2.05) is 66.9 Å². The number of nitrogens with zero attached hydrogens (tertiary/aromatic N) is 1. The van der Waals surface area contributed by atoms with Gasteiger partial charge in [-0.3, -0.25) is 14.4 Å². The molecule has 8 heteroatoms. The number of H-pyrrole nitrogens is 1. The van der Waals surface area contributed by atoms with Crippen molar-refractivity contribution in [1.82, 2.24) is 15.2 Å². The molecule has 3 heterocycles. The third-order valence-electron chi connectivity index (χ3n) is 8.20. The number of hydrogen-bond donors (Lipinski definition) is 3. The highest BCUT2D eigenvalue weighted by Crippen LogP contribution is 2.26. The minimum Gasteiger partial charge on any atom is -0.463 e. The Hall–Kier alpha value is -3.91. The van der Waals surface area contributed by atoms with Gasteiger partial charge in [0.1, 0.15) is 6.61 Å². The summed E-state index contributed by atoms with van der Waals surface area (Å²) < 4.78 is 5.60. The normalized spacial score (nSPS) is 22.5. The molecule has 0 saturated carbocycles. The van der Waals surface area contributed by atoms with Gasteiger partial charge in [-0.25, -0.2) is 0 Å². The summed E-state index contributed by atoms with van der Waals surface area (Å²) in [4.78, 5) is 44.7. The molecule has 2 aliphatic heterocycles. The molecular weight excluding hydrogens is 518 g/mol. The van der Waals surface area contributed by atoms with E-state index < -0.39 is 12.0 Å². The molecule has 0 radical (unpaired) electrons. The third-order valence-corrected chi connectivity index (χ3v) is 8.20. The van der Waals surface area contributed by atoms with E-state index in [-0.39, 0.29) is 43.5 Å². The van der Waals surface area contributed by atoms with Crippen LogP contribution in [-0.2, 0) is 38.5 Å². The molecule has 41 heavy (non-hydrogen) atoms. The predicted molar refractivity (Wildman–Crippen MR) is 157 cm³/mol. The quantitative estimate of drug-likeness (QED) is 0.322. The van der Waals surface area contributed by atoms with E-state index in [1.165, 1.54) is 0 Å². The number of cyclic esters (lactones) is 1. The Bertz CT molecular complexity index is 1400. The Balaban J connectivity index is 1.34. The third kappa shape index (κ3) is 7.24. The van der Waals surface area contributed by atoms with Crippen LogP contribution in [0.4, 0.5) is 0 Å². The first-order chi connectivity index (χ1) is 20.0. The molecule has 216 valence electrons. The van der Waals surface area contributed by atoms with Crippen molar-refractivity contribution < 1.29 is 24.2 Å². The van der Waals surface area contributed by atoms with Gasteiger partial charge in [-0.15, -0.1) is 0 Å². The number of esters is 1. The van der Waals surface area contributed by atoms with Crippen LogP contribution in [0.25, 0.3) is 10.9 Å². The van der Waals surface area contributed by atoms with Crippen LogP contribution in [0, 0.1) is 5.92 Å². The molecule has 0 saturated heterocycles. The van der Waals surface area contributed by atoms with E-state index in [1.54, 1.807) is 4.90 Å².